The summed E-state index contributed by atoms with van der Waals surface area (Å²) in [6.45, 7) is 0.813. The number of hydrogen-bond donors (Lipinski definition) is 2. The first-order chi connectivity index (χ1) is 6.08. The van der Waals surface area contributed by atoms with E-state index in [1.807, 2.05) is 0 Å². The summed E-state index contributed by atoms with van der Waals surface area (Å²) in [6.07, 6.45) is 1.41. The molecular formula is C4H9N5O3S. The predicted octanol–water partition coefficient (Wildman–Crippen LogP) is -1.89. The van der Waals surface area contributed by atoms with Gasteiger partial charge in [-0.2, -0.15) is 8.42 Å². The monoisotopic (exact) mass is 207 g/mol. The fraction of sp³-hybridized carbons (Fsp3) is 0.750. The molecule has 0 atom stereocenters. The molecule has 1 rings (SSSR count). The van der Waals surface area contributed by atoms with Crippen molar-refractivity contribution in [1.29, 1.82) is 0 Å². The summed E-state index contributed by atoms with van der Waals surface area (Å²) in [5.41, 5.74) is 0. The summed E-state index contributed by atoms with van der Waals surface area (Å²) in [7, 11) is -3.94. The minimum absolute atomic E-state index is 0.366. The van der Waals surface area contributed by atoms with Crippen molar-refractivity contribution in [3.05, 3.63) is 6.33 Å². The van der Waals surface area contributed by atoms with Gasteiger partial charge in [-0.3, -0.25) is 9.87 Å². The molecule has 1 heterocycles. The standard InChI is InChI=1S/C4H9N5O3S/c10-13(11,12)4-5-1-2-9-3-6-7-8-9/h3,5H,1-2,4H2,(H,10,11,12). The molecular weight excluding hydrogens is 198 g/mol. The second-order valence-electron chi connectivity index (χ2n) is 2.30. The minimum Gasteiger partial charge on any atom is -0.300 e. The van der Waals surface area contributed by atoms with Crippen LogP contribution >= 0.6 is 0 Å². The number of nitrogens with one attached hydrogen (secondary N) is 1. The van der Waals surface area contributed by atoms with E-state index >= 15 is 0 Å². The molecule has 74 valence electrons. The Morgan fingerprint density at radius 1 is 1.54 bits per heavy atom. The van der Waals surface area contributed by atoms with Gasteiger partial charge in [0.2, 0.25) is 0 Å². The van der Waals surface area contributed by atoms with E-state index in [9.17, 15) is 8.42 Å². The maximum absolute atomic E-state index is 10.2. The van der Waals surface area contributed by atoms with Crippen molar-refractivity contribution in [2.24, 2.45) is 0 Å². The SMILES string of the molecule is O=S(=O)(O)CNCCn1cnnn1. The van der Waals surface area contributed by atoms with Gasteiger partial charge in [-0.25, -0.2) is 4.68 Å². The molecule has 0 radical (unpaired) electrons. The normalized spacial score (nSPS) is 11.8. The van der Waals surface area contributed by atoms with Crippen molar-refractivity contribution in [1.82, 2.24) is 25.5 Å². The summed E-state index contributed by atoms with van der Waals surface area (Å²) in [4.78, 5) is 0. The van der Waals surface area contributed by atoms with Gasteiger partial charge < -0.3 is 0 Å². The Hall–Kier alpha value is -1.06. The summed E-state index contributed by atoms with van der Waals surface area (Å²) in [5, 5.41) is 12.8. The zero-order valence-electron chi connectivity index (χ0n) is 6.66. The van der Waals surface area contributed by atoms with E-state index in [4.69, 9.17) is 4.55 Å². The number of nitrogens with zero attached hydrogens (tertiary/aromatic N) is 4. The molecule has 13 heavy (non-hydrogen) atoms. The highest BCUT2D eigenvalue weighted by atomic mass is 32.2. The molecule has 9 heteroatoms. The Bertz CT molecular complexity index is 333. The first-order valence-corrected chi connectivity index (χ1v) is 5.05. The highest BCUT2D eigenvalue weighted by molar-refractivity contribution is 7.85. The van der Waals surface area contributed by atoms with Crippen molar-refractivity contribution in [2.75, 3.05) is 12.4 Å². The maximum Gasteiger partial charge on any atom is 0.278 e. The Labute approximate surface area is 74.7 Å². The van der Waals surface area contributed by atoms with E-state index in [-0.39, 0.29) is 0 Å². The third-order valence-electron chi connectivity index (χ3n) is 1.19. The summed E-state index contributed by atoms with van der Waals surface area (Å²) in [6, 6.07) is 0. The molecule has 1 aromatic rings. The van der Waals surface area contributed by atoms with E-state index in [0.717, 1.165) is 0 Å². The lowest BCUT2D eigenvalue weighted by Gasteiger charge is -2.00. The molecule has 0 spiro atoms. The van der Waals surface area contributed by atoms with Crippen molar-refractivity contribution in [2.45, 2.75) is 6.54 Å². The molecule has 2 N–H and O–H groups in total. The van der Waals surface area contributed by atoms with Crippen LogP contribution < -0.4 is 5.32 Å². The van der Waals surface area contributed by atoms with Crippen LogP contribution in [0.5, 0.6) is 0 Å². The fourth-order valence-electron chi connectivity index (χ4n) is 0.677. The molecule has 0 aromatic carbocycles. The number of aromatic nitrogens is 4. The largest absolute Gasteiger partial charge is 0.300 e. The van der Waals surface area contributed by atoms with Crippen LogP contribution in [0.15, 0.2) is 6.33 Å². The van der Waals surface area contributed by atoms with Gasteiger partial charge in [-0.1, -0.05) is 0 Å². The number of rotatable bonds is 5. The van der Waals surface area contributed by atoms with Gasteiger partial charge in [0.05, 0.1) is 6.54 Å². The molecule has 0 fully saturated rings. The summed E-state index contributed by atoms with van der Waals surface area (Å²) in [5.74, 6) is -0.463. The lowest BCUT2D eigenvalue weighted by molar-refractivity contribution is 0.472. The third kappa shape index (κ3) is 4.50. The van der Waals surface area contributed by atoms with Gasteiger partial charge in [0.1, 0.15) is 12.2 Å². The van der Waals surface area contributed by atoms with E-state index < -0.39 is 16.0 Å². The van der Waals surface area contributed by atoms with Gasteiger partial charge in [0.15, 0.2) is 0 Å². The average molecular weight is 207 g/mol. The van der Waals surface area contributed by atoms with E-state index in [2.05, 4.69) is 20.8 Å². The van der Waals surface area contributed by atoms with Gasteiger partial charge in [0.25, 0.3) is 10.1 Å². The zero-order chi connectivity index (χ0) is 9.73. The Morgan fingerprint density at radius 2 is 2.31 bits per heavy atom. The summed E-state index contributed by atoms with van der Waals surface area (Å²) >= 11 is 0. The first kappa shape index (κ1) is 10.0. The van der Waals surface area contributed by atoms with Crippen molar-refractivity contribution < 1.29 is 13.0 Å². The molecule has 0 aliphatic rings. The molecule has 0 aliphatic carbocycles. The third-order valence-corrected chi connectivity index (χ3v) is 1.76. The number of hydrogen-bond acceptors (Lipinski definition) is 6. The quantitative estimate of drug-likeness (QED) is 0.429. The molecule has 8 nitrogen and oxygen atoms in total. The highest BCUT2D eigenvalue weighted by Gasteiger charge is 2.01. The van der Waals surface area contributed by atoms with Crippen molar-refractivity contribution in [3.63, 3.8) is 0 Å². The maximum atomic E-state index is 10.2. The van der Waals surface area contributed by atoms with Crippen LogP contribution in [0.3, 0.4) is 0 Å². The topological polar surface area (TPSA) is 110 Å². The van der Waals surface area contributed by atoms with Gasteiger partial charge >= 0.3 is 0 Å². The Balaban J connectivity index is 2.16. The van der Waals surface area contributed by atoms with Crippen LogP contribution in [0.2, 0.25) is 0 Å². The van der Waals surface area contributed by atoms with Gasteiger partial charge in [0, 0.05) is 6.54 Å². The Kier molecular flexibility index (Phi) is 3.28. The van der Waals surface area contributed by atoms with Crippen molar-refractivity contribution >= 4 is 10.1 Å². The second-order valence-corrected chi connectivity index (χ2v) is 3.75. The summed E-state index contributed by atoms with van der Waals surface area (Å²) < 4.78 is 30.3. The van der Waals surface area contributed by atoms with Crippen LogP contribution in [-0.4, -0.2) is 45.6 Å². The smallest absolute Gasteiger partial charge is 0.278 e. The lowest BCUT2D eigenvalue weighted by Crippen LogP contribution is -2.26. The van der Waals surface area contributed by atoms with Crippen LogP contribution in [0.1, 0.15) is 0 Å². The first-order valence-electron chi connectivity index (χ1n) is 3.44. The van der Waals surface area contributed by atoms with Gasteiger partial charge in [-0.15, -0.1) is 5.10 Å². The average Bonchev–Trinajstić information content (AvgIpc) is 2.48. The van der Waals surface area contributed by atoms with Crippen LogP contribution in [0.4, 0.5) is 0 Å². The zero-order valence-corrected chi connectivity index (χ0v) is 7.48. The molecule has 0 saturated heterocycles. The fourth-order valence-corrected chi connectivity index (χ4v) is 1.08. The minimum atomic E-state index is -3.94. The molecule has 0 unspecified atom stereocenters. The molecule has 0 amide bonds. The highest BCUT2D eigenvalue weighted by Crippen LogP contribution is 1.78. The molecule has 0 saturated carbocycles. The van der Waals surface area contributed by atoms with E-state index in [1.54, 1.807) is 0 Å². The van der Waals surface area contributed by atoms with Crippen LogP contribution in [0, 0.1) is 0 Å². The Morgan fingerprint density at radius 3 is 2.85 bits per heavy atom. The van der Waals surface area contributed by atoms with Crippen molar-refractivity contribution in [3.8, 4) is 0 Å². The second kappa shape index (κ2) is 4.25. The lowest BCUT2D eigenvalue weighted by atomic mass is 10.6. The van der Waals surface area contributed by atoms with Gasteiger partial charge in [-0.05, 0) is 10.4 Å². The van der Waals surface area contributed by atoms with Crippen LogP contribution in [0.25, 0.3) is 0 Å². The molecule has 0 bridgehead atoms. The number of tetrazole rings is 1. The van der Waals surface area contributed by atoms with E-state index in [1.165, 1.54) is 11.0 Å². The van der Waals surface area contributed by atoms with Crippen LogP contribution in [-0.2, 0) is 16.7 Å². The molecule has 0 aliphatic heterocycles. The predicted molar refractivity (Wildman–Crippen MR) is 42.2 cm³/mol. The molecule has 1 aromatic heterocycles. The van der Waals surface area contributed by atoms with E-state index in [0.29, 0.717) is 13.1 Å².